The van der Waals surface area contributed by atoms with Gasteiger partial charge in [-0.25, -0.2) is 8.42 Å². The minimum absolute atomic E-state index is 0.201. The predicted octanol–water partition coefficient (Wildman–Crippen LogP) is 2.63. The number of hydrogen-bond acceptors (Lipinski definition) is 4. The van der Waals surface area contributed by atoms with Crippen molar-refractivity contribution in [2.45, 2.75) is 37.5 Å². The van der Waals surface area contributed by atoms with Gasteiger partial charge in [-0.3, -0.25) is 0 Å². The molecule has 5 heteroatoms. The summed E-state index contributed by atoms with van der Waals surface area (Å²) in [5, 5.41) is 0. The highest BCUT2D eigenvalue weighted by molar-refractivity contribution is 7.91. The minimum atomic E-state index is -3.32. The van der Waals surface area contributed by atoms with Crippen molar-refractivity contribution in [1.29, 1.82) is 0 Å². The lowest BCUT2D eigenvalue weighted by Gasteiger charge is -2.13. The van der Waals surface area contributed by atoms with Crippen LogP contribution in [0.15, 0.2) is 23.1 Å². The lowest BCUT2D eigenvalue weighted by Crippen LogP contribution is -2.15. The average molecular weight is 283 g/mol. The third kappa shape index (κ3) is 3.41. The van der Waals surface area contributed by atoms with E-state index >= 15 is 0 Å². The molecule has 0 bridgehead atoms. The minimum Gasteiger partial charge on any atom is -0.494 e. The van der Waals surface area contributed by atoms with Gasteiger partial charge >= 0.3 is 0 Å². The number of ether oxygens (including phenoxy) is 1. The van der Waals surface area contributed by atoms with E-state index in [2.05, 4.69) is 0 Å². The zero-order valence-corrected chi connectivity index (χ0v) is 12.1. The first-order valence-corrected chi connectivity index (χ1v) is 8.43. The van der Waals surface area contributed by atoms with Gasteiger partial charge in [0.05, 0.1) is 22.9 Å². The highest BCUT2D eigenvalue weighted by Crippen LogP contribution is 2.31. The Balaban J connectivity index is 2.25. The van der Waals surface area contributed by atoms with Gasteiger partial charge in [-0.15, -0.1) is 0 Å². The molecule has 2 N–H and O–H groups in total. The predicted molar refractivity (Wildman–Crippen MR) is 76.0 cm³/mol. The fourth-order valence-electron chi connectivity index (χ4n) is 2.62. The van der Waals surface area contributed by atoms with Crippen LogP contribution in [0.25, 0.3) is 0 Å². The molecule has 1 aliphatic rings. The largest absolute Gasteiger partial charge is 0.494 e. The van der Waals surface area contributed by atoms with Crippen molar-refractivity contribution in [2.75, 3.05) is 18.1 Å². The normalized spacial score (nSPS) is 16.7. The number of benzene rings is 1. The first-order valence-electron chi connectivity index (χ1n) is 6.78. The van der Waals surface area contributed by atoms with E-state index in [1.165, 1.54) is 0 Å². The lowest BCUT2D eigenvalue weighted by atomic mass is 10.1. The lowest BCUT2D eigenvalue weighted by molar-refractivity contribution is 0.339. The Morgan fingerprint density at radius 2 is 2.00 bits per heavy atom. The van der Waals surface area contributed by atoms with E-state index in [0.717, 1.165) is 25.7 Å². The van der Waals surface area contributed by atoms with Crippen LogP contribution >= 0.6 is 0 Å². The summed E-state index contributed by atoms with van der Waals surface area (Å²) in [6, 6.07) is 4.85. The number of anilines is 1. The van der Waals surface area contributed by atoms with Crippen LogP contribution in [0, 0.1) is 5.92 Å². The summed E-state index contributed by atoms with van der Waals surface area (Å²) in [6.07, 6.45) is 4.28. The van der Waals surface area contributed by atoms with E-state index in [0.29, 0.717) is 18.0 Å². The van der Waals surface area contributed by atoms with Gasteiger partial charge in [-0.2, -0.15) is 0 Å². The maximum Gasteiger partial charge on any atom is 0.180 e. The van der Waals surface area contributed by atoms with Gasteiger partial charge in [0.2, 0.25) is 0 Å². The fourth-order valence-corrected chi connectivity index (χ4v) is 4.47. The van der Waals surface area contributed by atoms with Gasteiger partial charge in [-0.1, -0.05) is 12.8 Å². The Kier molecular flexibility index (Phi) is 4.34. The second-order valence-electron chi connectivity index (χ2n) is 5.06. The highest BCUT2D eigenvalue weighted by Gasteiger charge is 2.25. The molecule has 0 heterocycles. The van der Waals surface area contributed by atoms with E-state index in [1.54, 1.807) is 18.2 Å². The monoisotopic (exact) mass is 283 g/mol. The van der Waals surface area contributed by atoms with Gasteiger partial charge in [0.1, 0.15) is 5.75 Å². The molecule has 1 aromatic carbocycles. The Labute approximate surface area is 114 Å². The quantitative estimate of drug-likeness (QED) is 0.843. The molecule has 1 fully saturated rings. The van der Waals surface area contributed by atoms with Crippen LogP contribution in [-0.2, 0) is 9.84 Å². The highest BCUT2D eigenvalue weighted by atomic mass is 32.2. The summed E-state index contributed by atoms with van der Waals surface area (Å²) in [5.41, 5.74) is 6.12. The maximum atomic E-state index is 12.4. The topological polar surface area (TPSA) is 69.4 Å². The Morgan fingerprint density at radius 3 is 2.63 bits per heavy atom. The zero-order valence-electron chi connectivity index (χ0n) is 11.3. The van der Waals surface area contributed by atoms with Crippen LogP contribution in [0.5, 0.6) is 5.75 Å². The summed E-state index contributed by atoms with van der Waals surface area (Å²) in [7, 11) is -3.32. The van der Waals surface area contributed by atoms with Crippen LogP contribution in [-0.4, -0.2) is 20.8 Å². The molecule has 0 unspecified atom stereocenters. The molecule has 106 valence electrons. The molecule has 0 atom stereocenters. The molecule has 0 saturated heterocycles. The van der Waals surface area contributed by atoms with E-state index in [9.17, 15) is 8.42 Å². The number of sulfone groups is 1. The van der Waals surface area contributed by atoms with Gasteiger partial charge in [-0.05, 0) is 37.8 Å². The van der Waals surface area contributed by atoms with Crippen molar-refractivity contribution in [3.05, 3.63) is 18.2 Å². The summed E-state index contributed by atoms with van der Waals surface area (Å²) in [6.45, 7) is 2.37. The molecule has 0 aromatic heterocycles. The standard InChI is InChI=1S/C14H21NO3S/c1-2-18-12-7-8-13(15)14(9-12)19(16,17)10-11-5-3-4-6-11/h7-9,11H,2-6,10,15H2,1H3. The van der Waals surface area contributed by atoms with Crippen molar-refractivity contribution in [3.8, 4) is 5.75 Å². The summed E-state index contributed by atoms with van der Waals surface area (Å²) >= 11 is 0. The smallest absolute Gasteiger partial charge is 0.180 e. The first kappa shape index (κ1) is 14.2. The third-order valence-corrected chi connectivity index (χ3v) is 5.49. The summed E-state index contributed by atoms with van der Waals surface area (Å²) in [4.78, 5) is 0.213. The second kappa shape index (κ2) is 5.82. The second-order valence-corrected chi connectivity index (χ2v) is 7.07. The van der Waals surface area contributed by atoms with Crippen molar-refractivity contribution in [3.63, 3.8) is 0 Å². The number of rotatable bonds is 5. The van der Waals surface area contributed by atoms with Crippen molar-refractivity contribution < 1.29 is 13.2 Å². The van der Waals surface area contributed by atoms with Crippen LogP contribution in [0.4, 0.5) is 5.69 Å². The molecule has 1 aliphatic carbocycles. The van der Waals surface area contributed by atoms with Gasteiger partial charge in [0, 0.05) is 6.07 Å². The van der Waals surface area contributed by atoms with Crippen molar-refractivity contribution in [2.24, 2.45) is 5.92 Å². The van der Waals surface area contributed by atoms with E-state index in [1.807, 2.05) is 6.92 Å². The molecule has 1 saturated carbocycles. The molecule has 2 rings (SSSR count). The maximum absolute atomic E-state index is 12.4. The van der Waals surface area contributed by atoms with E-state index < -0.39 is 9.84 Å². The van der Waals surface area contributed by atoms with E-state index in [-0.39, 0.29) is 16.6 Å². The first-order chi connectivity index (χ1) is 9.03. The molecule has 19 heavy (non-hydrogen) atoms. The van der Waals surface area contributed by atoms with Crippen molar-refractivity contribution >= 4 is 15.5 Å². The van der Waals surface area contributed by atoms with Crippen LogP contribution in [0.1, 0.15) is 32.6 Å². The molecule has 0 spiro atoms. The molecule has 4 nitrogen and oxygen atoms in total. The van der Waals surface area contributed by atoms with Gasteiger partial charge < -0.3 is 10.5 Å². The summed E-state index contributed by atoms with van der Waals surface area (Å²) < 4.78 is 30.2. The zero-order chi connectivity index (χ0) is 13.9. The number of nitrogen functional groups attached to an aromatic ring is 1. The average Bonchev–Trinajstić information content (AvgIpc) is 2.84. The van der Waals surface area contributed by atoms with Gasteiger partial charge in [0.25, 0.3) is 0 Å². The molecule has 0 aliphatic heterocycles. The Morgan fingerprint density at radius 1 is 1.32 bits per heavy atom. The molecular formula is C14H21NO3S. The third-order valence-electron chi connectivity index (χ3n) is 3.56. The van der Waals surface area contributed by atoms with E-state index in [4.69, 9.17) is 10.5 Å². The molecular weight excluding hydrogens is 262 g/mol. The summed E-state index contributed by atoms with van der Waals surface area (Å²) in [5.74, 6) is 1.04. The van der Waals surface area contributed by atoms with Crippen LogP contribution < -0.4 is 10.5 Å². The molecule has 1 aromatic rings. The SMILES string of the molecule is CCOc1ccc(N)c(S(=O)(=O)CC2CCCC2)c1. The molecule has 0 amide bonds. The van der Waals surface area contributed by atoms with Crippen LogP contribution in [0.2, 0.25) is 0 Å². The van der Waals surface area contributed by atoms with Crippen molar-refractivity contribution in [1.82, 2.24) is 0 Å². The van der Waals surface area contributed by atoms with Crippen LogP contribution in [0.3, 0.4) is 0 Å². The number of hydrogen-bond donors (Lipinski definition) is 1. The Hall–Kier alpha value is -1.23. The Bertz CT molecular complexity index is 534. The number of nitrogens with two attached hydrogens (primary N) is 1. The fraction of sp³-hybridized carbons (Fsp3) is 0.571. The van der Waals surface area contributed by atoms with Gasteiger partial charge in [0.15, 0.2) is 9.84 Å². The molecule has 0 radical (unpaired) electrons.